The summed E-state index contributed by atoms with van der Waals surface area (Å²) in [5, 5.41) is 11.3. The van der Waals surface area contributed by atoms with Crippen LogP contribution in [-0.4, -0.2) is 20.6 Å². The van der Waals surface area contributed by atoms with E-state index >= 15 is 0 Å². The highest BCUT2D eigenvalue weighted by molar-refractivity contribution is 5.81. The average Bonchev–Trinajstić information content (AvgIpc) is 2.88. The second-order valence-electron chi connectivity index (χ2n) is 3.31. The van der Waals surface area contributed by atoms with E-state index in [1.807, 2.05) is 6.20 Å². The van der Waals surface area contributed by atoms with Crippen molar-refractivity contribution in [2.24, 2.45) is 10.9 Å². The van der Waals surface area contributed by atoms with Crippen molar-refractivity contribution in [2.75, 3.05) is 0 Å². The molecule has 70 valence electrons. The average molecular weight is 180 g/mol. The molecule has 1 aromatic heterocycles. The van der Waals surface area contributed by atoms with Crippen LogP contribution in [0.2, 0.25) is 0 Å². The van der Waals surface area contributed by atoms with Gasteiger partial charge >= 0.3 is 0 Å². The summed E-state index contributed by atoms with van der Waals surface area (Å²) in [5.41, 5.74) is 6.21. The fourth-order valence-corrected chi connectivity index (χ4v) is 1.26. The lowest BCUT2D eigenvalue weighted by molar-refractivity contribution is 0.317. The molecule has 3 N–H and O–H groups in total. The van der Waals surface area contributed by atoms with Crippen LogP contribution in [0.5, 0.6) is 0 Å². The minimum Gasteiger partial charge on any atom is -0.409 e. The molecule has 0 radical (unpaired) electrons. The molecule has 0 amide bonds. The molecule has 13 heavy (non-hydrogen) atoms. The van der Waals surface area contributed by atoms with Crippen molar-refractivity contribution in [3.63, 3.8) is 0 Å². The topological polar surface area (TPSA) is 76.4 Å². The van der Waals surface area contributed by atoms with Gasteiger partial charge in [-0.1, -0.05) is 5.16 Å². The van der Waals surface area contributed by atoms with Gasteiger partial charge in [-0.05, 0) is 12.8 Å². The number of hydrogen-bond acceptors (Lipinski definition) is 3. The summed E-state index contributed by atoms with van der Waals surface area (Å²) >= 11 is 0. The molecule has 1 aliphatic carbocycles. The van der Waals surface area contributed by atoms with Gasteiger partial charge in [-0.25, -0.2) is 4.98 Å². The first-order valence-corrected chi connectivity index (χ1v) is 4.28. The van der Waals surface area contributed by atoms with E-state index in [-0.39, 0.29) is 5.84 Å². The van der Waals surface area contributed by atoms with Gasteiger partial charge in [0.15, 0.2) is 0 Å². The quantitative estimate of drug-likeness (QED) is 0.308. The molecule has 1 heterocycles. The molecule has 1 aromatic rings. The zero-order chi connectivity index (χ0) is 9.26. The number of aromatic nitrogens is 2. The van der Waals surface area contributed by atoms with Crippen LogP contribution in [-0.2, 0) is 6.42 Å². The second-order valence-corrected chi connectivity index (χ2v) is 3.31. The number of nitrogens with two attached hydrogens (primary N) is 1. The maximum atomic E-state index is 8.35. The van der Waals surface area contributed by atoms with E-state index in [0.717, 1.165) is 5.69 Å². The number of rotatable bonds is 3. The molecular formula is C8H12N4O. The summed E-state index contributed by atoms with van der Waals surface area (Å²) in [6.07, 6.45) is 6.64. The molecule has 0 unspecified atom stereocenters. The first-order chi connectivity index (χ1) is 6.29. The minimum atomic E-state index is 0.195. The van der Waals surface area contributed by atoms with Gasteiger partial charge < -0.3 is 15.5 Å². The Balaban J connectivity index is 2.04. The Morgan fingerprint density at radius 1 is 1.77 bits per heavy atom. The molecule has 0 saturated heterocycles. The fraction of sp³-hybridized carbons (Fsp3) is 0.500. The lowest BCUT2D eigenvalue weighted by Crippen LogP contribution is -2.14. The van der Waals surface area contributed by atoms with Crippen molar-refractivity contribution in [2.45, 2.75) is 25.3 Å². The highest BCUT2D eigenvalue weighted by atomic mass is 16.4. The number of imidazole rings is 1. The predicted octanol–water partition coefficient (Wildman–Crippen LogP) is 0.507. The van der Waals surface area contributed by atoms with Crippen molar-refractivity contribution in [1.29, 1.82) is 0 Å². The number of nitrogens with zero attached hydrogens (tertiary/aromatic N) is 3. The Labute approximate surface area is 75.9 Å². The van der Waals surface area contributed by atoms with E-state index in [9.17, 15) is 0 Å². The molecule has 0 aliphatic heterocycles. The Kier molecular flexibility index (Phi) is 1.92. The smallest absolute Gasteiger partial charge is 0.145 e. The van der Waals surface area contributed by atoms with Crippen molar-refractivity contribution in [3.05, 3.63) is 18.2 Å². The molecule has 1 saturated carbocycles. The molecule has 5 nitrogen and oxygen atoms in total. The molecule has 0 atom stereocenters. The van der Waals surface area contributed by atoms with Crippen LogP contribution in [0, 0.1) is 0 Å². The summed E-state index contributed by atoms with van der Waals surface area (Å²) in [4.78, 5) is 4.16. The van der Waals surface area contributed by atoms with Crippen LogP contribution in [0.25, 0.3) is 0 Å². The molecule has 1 fully saturated rings. The van der Waals surface area contributed by atoms with Crippen LogP contribution < -0.4 is 5.73 Å². The highest BCUT2D eigenvalue weighted by Crippen LogP contribution is 2.34. The van der Waals surface area contributed by atoms with Crippen molar-refractivity contribution < 1.29 is 5.21 Å². The van der Waals surface area contributed by atoms with Crippen LogP contribution in [0.3, 0.4) is 0 Å². The van der Waals surface area contributed by atoms with Gasteiger partial charge in [0.1, 0.15) is 5.84 Å². The van der Waals surface area contributed by atoms with E-state index in [0.29, 0.717) is 12.5 Å². The van der Waals surface area contributed by atoms with E-state index < -0.39 is 0 Å². The maximum absolute atomic E-state index is 8.35. The third-order valence-electron chi connectivity index (χ3n) is 2.11. The Morgan fingerprint density at radius 3 is 3.15 bits per heavy atom. The highest BCUT2D eigenvalue weighted by Gasteiger charge is 2.23. The molecule has 1 aliphatic rings. The summed E-state index contributed by atoms with van der Waals surface area (Å²) in [7, 11) is 0. The van der Waals surface area contributed by atoms with E-state index in [1.165, 1.54) is 12.8 Å². The van der Waals surface area contributed by atoms with Crippen LogP contribution in [0.1, 0.15) is 24.6 Å². The van der Waals surface area contributed by atoms with Crippen molar-refractivity contribution >= 4 is 5.84 Å². The lowest BCUT2D eigenvalue weighted by atomic mass is 10.3. The number of oxime groups is 1. The predicted molar refractivity (Wildman–Crippen MR) is 47.6 cm³/mol. The largest absolute Gasteiger partial charge is 0.409 e. The Bertz CT molecular complexity index is 327. The van der Waals surface area contributed by atoms with E-state index in [1.54, 1.807) is 6.33 Å². The molecule has 0 bridgehead atoms. The SMILES string of the molecule is N/C(Cc1cn(C2CC2)cn1)=N\O. The van der Waals surface area contributed by atoms with Crippen molar-refractivity contribution in [3.8, 4) is 0 Å². The van der Waals surface area contributed by atoms with Gasteiger partial charge in [0, 0.05) is 12.2 Å². The van der Waals surface area contributed by atoms with Crippen LogP contribution in [0.15, 0.2) is 17.7 Å². The third kappa shape index (κ3) is 1.80. The summed E-state index contributed by atoms with van der Waals surface area (Å²) in [6, 6.07) is 0.633. The van der Waals surface area contributed by atoms with Gasteiger partial charge in [0.25, 0.3) is 0 Å². The lowest BCUT2D eigenvalue weighted by Gasteiger charge is -1.94. The minimum absolute atomic E-state index is 0.195. The van der Waals surface area contributed by atoms with Crippen molar-refractivity contribution in [1.82, 2.24) is 9.55 Å². The molecular weight excluding hydrogens is 168 g/mol. The zero-order valence-corrected chi connectivity index (χ0v) is 7.22. The van der Waals surface area contributed by atoms with Gasteiger partial charge in [-0.2, -0.15) is 0 Å². The van der Waals surface area contributed by atoms with Gasteiger partial charge in [0.2, 0.25) is 0 Å². The molecule has 5 heteroatoms. The van der Waals surface area contributed by atoms with E-state index in [2.05, 4.69) is 14.7 Å². The molecule has 2 rings (SSSR count). The maximum Gasteiger partial charge on any atom is 0.145 e. The number of amidine groups is 1. The normalized spacial score (nSPS) is 17.7. The first-order valence-electron chi connectivity index (χ1n) is 4.28. The standard InChI is InChI=1S/C8H12N4O/c9-8(11-13)3-6-4-12(5-10-6)7-1-2-7/h4-5,7,13H,1-3H2,(H2,9,11). The summed E-state index contributed by atoms with van der Waals surface area (Å²) in [5.74, 6) is 0.195. The van der Waals surface area contributed by atoms with E-state index in [4.69, 9.17) is 10.9 Å². The Hall–Kier alpha value is -1.52. The zero-order valence-electron chi connectivity index (χ0n) is 7.22. The van der Waals surface area contributed by atoms with Gasteiger partial charge in [-0.3, -0.25) is 0 Å². The summed E-state index contributed by atoms with van der Waals surface area (Å²) < 4.78 is 2.08. The molecule has 0 aromatic carbocycles. The van der Waals surface area contributed by atoms with Gasteiger partial charge in [0.05, 0.1) is 18.4 Å². The first kappa shape index (κ1) is 8.10. The summed E-state index contributed by atoms with van der Waals surface area (Å²) in [6.45, 7) is 0. The second kappa shape index (κ2) is 3.08. The van der Waals surface area contributed by atoms with Crippen LogP contribution in [0.4, 0.5) is 0 Å². The fourth-order valence-electron chi connectivity index (χ4n) is 1.26. The number of hydrogen-bond donors (Lipinski definition) is 2. The third-order valence-corrected chi connectivity index (χ3v) is 2.11. The monoisotopic (exact) mass is 180 g/mol. The van der Waals surface area contributed by atoms with Crippen LogP contribution >= 0.6 is 0 Å². The Morgan fingerprint density at radius 2 is 2.54 bits per heavy atom. The van der Waals surface area contributed by atoms with Gasteiger partial charge in [-0.15, -0.1) is 0 Å². The molecule has 0 spiro atoms.